The number of rotatable bonds is 3. The molecule has 0 amide bonds. The molecular formula is C15H31NO2. The van der Waals surface area contributed by atoms with E-state index in [1.54, 1.807) is 0 Å². The van der Waals surface area contributed by atoms with Gasteiger partial charge in [0.05, 0.1) is 12.7 Å². The molecule has 0 radical (unpaired) electrons. The van der Waals surface area contributed by atoms with Gasteiger partial charge in [-0.25, -0.2) is 0 Å². The van der Waals surface area contributed by atoms with Crippen molar-refractivity contribution in [3.63, 3.8) is 0 Å². The summed E-state index contributed by atoms with van der Waals surface area (Å²) in [5.41, 5.74) is -0.0593. The van der Waals surface area contributed by atoms with Gasteiger partial charge in [-0.05, 0) is 20.5 Å². The lowest BCUT2D eigenvalue weighted by atomic mass is 9.70. The van der Waals surface area contributed by atoms with E-state index in [0.717, 1.165) is 13.0 Å². The fourth-order valence-corrected chi connectivity index (χ4v) is 2.97. The summed E-state index contributed by atoms with van der Waals surface area (Å²) in [5.74, 6) is -0.489. The second-order valence-electron chi connectivity index (χ2n) is 7.76. The predicted molar refractivity (Wildman–Crippen MR) is 75.6 cm³/mol. The van der Waals surface area contributed by atoms with Crippen LogP contribution in [0.3, 0.4) is 0 Å². The smallest absolute Gasteiger partial charge is 0.178 e. The molecule has 1 rings (SSSR count). The van der Waals surface area contributed by atoms with E-state index in [1.165, 1.54) is 0 Å². The molecule has 108 valence electrons. The molecule has 18 heavy (non-hydrogen) atoms. The van der Waals surface area contributed by atoms with Crippen LogP contribution in [0.5, 0.6) is 0 Å². The summed E-state index contributed by atoms with van der Waals surface area (Å²) in [7, 11) is 4.19. The highest BCUT2D eigenvalue weighted by atomic mass is 16.7. The first-order valence-corrected chi connectivity index (χ1v) is 6.96. The molecule has 1 heterocycles. The summed E-state index contributed by atoms with van der Waals surface area (Å²) >= 11 is 0. The minimum atomic E-state index is -0.489. The van der Waals surface area contributed by atoms with Gasteiger partial charge in [0.2, 0.25) is 0 Å². The van der Waals surface area contributed by atoms with Crippen molar-refractivity contribution in [3.05, 3.63) is 0 Å². The summed E-state index contributed by atoms with van der Waals surface area (Å²) in [6.45, 7) is 15.0. The number of hydrogen-bond donors (Lipinski definition) is 0. The topological polar surface area (TPSA) is 21.7 Å². The molecule has 0 aromatic heterocycles. The first kappa shape index (κ1) is 15.9. The first-order chi connectivity index (χ1) is 7.99. The Morgan fingerprint density at radius 3 is 1.89 bits per heavy atom. The molecule has 3 nitrogen and oxygen atoms in total. The minimum Gasteiger partial charge on any atom is -0.346 e. The summed E-state index contributed by atoms with van der Waals surface area (Å²) < 4.78 is 12.6. The van der Waals surface area contributed by atoms with E-state index in [1.807, 2.05) is 0 Å². The maximum absolute atomic E-state index is 6.38. The third-order valence-electron chi connectivity index (χ3n) is 3.68. The van der Waals surface area contributed by atoms with Crippen molar-refractivity contribution < 1.29 is 9.47 Å². The number of hydrogen-bond acceptors (Lipinski definition) is 3. The Hall–Kier alpha value is -0.120. The Morgan fingerprint density at radius 1 is 1.06 bits per heavy atom. The van der Waals surface area contributed by atoms with Crippen molar-refractivity contribution in [3.8, 4) is 0 Å². The van der Waals surface area contributed by atoms with Gasteiger partial charge in [0.1, 0.15) is 0 Å². The van der Waals surface area contributed by atoms with Crippen LogP contribution in [-0.2, 0) is 9.47 Å². The molecule has 1 unspecified atom stereocenters. The molecule has 0 aromatic rings. The molecular weight excluding hydrogens is 226 g/mol. The third kappa shape index (κ3) is 3.06. The van der Waals surface area contributed by atoms with Crippen LogP contribution in [0.1, 0.15) is 48.0 Å². The zero-order valence-corrected chi connectivity index (χ0v) is 13.5. The fourth-order valence-electron chi connectivity index (χ4n) is 2.97. The number of nitrogens with zero attached hydrogens (tertiary/aromatic N) is 1. The summed E-state index contributed by atoms with van der Waals surface area (Å²) in [5, 5.41) is 0. The average Bonchev–Trinajstić information content (AvgIpc) is 2.57. The molecule has 1 fully saturated rings. The molecule has 1 atom stereocenters. The van der Waals surface area contributed by atoms with Gasteiger partial charge in [-0.1, -0.05) is 41.5 Å². The van der Waals surface area contributed by atoms with Crippen LogP contribution in [0.15, 0.2) is 0 Å². The Labute approximate surface area is 113 Å². The zero-order valence-electron chi connectivity index (χ0n) is 13.5. The van der Waals surface area contributed by atoms with Gasteiger partial charge in [0.25, 0.3) is 0 Å². The third-order valence-corrected chi connectivity index (χ3v) is 3.68. The molecule has 3 heteroatoms. The van der Waals surface area contributed by atoms with Crippen LogP contribution in [-0.4, -0.2) is 44.0 Å². The molecule has 0 N–H and O–H groups in total. The van der Waals surface area contributed by atoms with Crippen molar-refractivity contribution in [2.24, 2.45) is 10.8 Å². The fraction of sp³-hybridized carbons (Fsp3) is 1.00. The van der Waals surface area contributed by atoms with Gasteiger partial charge in [-0.2, -0.15) is 0 Å². The van der Waals surface area contributed by atoms with Crippen LogP contribution < -0.4 is 0 Å². The van der Waals surface area contributed by atoms with E-state index in [2.05, 4.69) is 60.5 Å². The highest BCUT2D eigenvalue weighted by Crippen LogP contribution is 2.51. The van der Waals surface area contributed by atoms with Crippen LogP contribution in [0, 0.1) is 10.8 Å². The highest BCUT2D eigenvalue weighted by molar-refractivity contribution is 4.97. The van der Waals surface area contributed by atoms with Crippen LogP contribution >= 0.6 is 0 Å². The Balaban J connectivity index is 2.80. The van der Waals surface area contributed by atoms with E-state index in [9.17, 15) is 0 Å². The Morgan fingerprint density at radius 2 is 1.56 bits per heavy atom. The van der Waals surface area contributed by atoms with Crippen molar-refractivity contribution in [1.82, 2.24) is 4.90 Å². The molecule has 0 aliphatic carbocycles. The van der Waals surface area contributed by atoms with Crippen molar-refractivity contribution >= 4 is 0 Å². The van der Waals surface area contributed by atoms with E-state index in [-0.39, 0.29) is 16.9 Å². The minimum absolute atomic E-state index is 0.0296. The maximum atomic E-state index is 6.38. The second kappa shape index (κ2) is 5.10. The molecule has 1 saturated heterocycles. The van der Waals surface area contributed by atoms with Gasteiger partial charge in [-0.15, -0.1) is 0 Å². The second-order valence-corrected chi connectivity index (χ2v) is 7.76. The normalized spacial score (nSPS) is 24.8. The van der Waals surface area contributed by atoms with Crippen molar-refractivity contribution in [1.29, 1.82) is 0 Å². The molecule has 0 spiro atoms. The first-order valence-electron chi connectivity index (χ1n) is 6.96. The summed E-state index contributed by atoms with van der Waals surface area (Å²) in [4.78, 5) is 2.19. The summed E-state index contributed by atoms with van der Waals surface area (Å²) in [6.07, 6.45) is 1.24. The summed E-state index contributed by atoms with van der Waals surface area (Å²) in [6, 6.07) is 0. The van der Waals surface area contributed by atoms with Gasteiger partial charge >= 0.3 is 0 Å². The van der Waals surface area contributed by atoms with Crippen LogP contribution in [0.4, 0.5) is 0 Å². The quantitative estimate of drug-likeness (QED) is 0.775. The monoisotopic (exact) mass is 257 g/mol. The van der Waals surface area contributed by atoms with E-state index < -0.39 is 5.79 Å². The number of ether oxygens (including phenoxy) is 2. The SMILES string of the molecule is CN(C)CCC1COC(C(C)(C)C)(C(C)(C)C)O1. The molecule has 0 bridgehead atoms. The van der Waals surface area contributed by atoms with Gasteiger partial charge in [-0.3, -0.25) is 0 Å². The van der Waals surface area contributed by atoms with Crippen LogP contribution in [0.2, 0.25) is 0 Å². The van der Waals surface area contributed by atoms with Gasteiger partial charge < -0.3 is 14.4 Å². The van der Waals surface area contributed by atoms with Crippen molar-refractivity contribution in [2.45, 2.75) is 59.9 Å². The Kier molecular flexibility index (Phi) is 4.52. The molecule has 1 aliphatic heterocycles. The average molecular weight is 257 g/mol. The Bertz CT molecular complexity index is 259. The lowest BCUT2D eigenvalue weighted by molar-refractivity contribution is -0.287. The van der Waals surface area contributed by atoms with E-state index in [4.69, 9.17) is 9.47 Å². The van der Waals surface area contributed by atoms with E-state index in [0.29, 0.717) is 6.61 Å². The van der Waals surface area contributed by atoms with Crippen LogP contribution in [0.25, 0.3) is 0 Å². The van der Waals surface area contributed by atoms with Gasteiger partial charge in [0.15, 0.2) is 5.79 Å². The molecule has 0 aromatic carbocycles. The van der Waals surface area contributed by atoms with Gasteiger partial charge in [0, 0.05) is 17.4 Å². The lowest BCUT2D eigenvalue weighted by Crippen LogP contribution is -2.54. The zero-order chi connectivity index (χ0) is 14.2. The maximum Gasteiger partial charge on any atom is 0.178 e. The lowest BCUT2D eigenvalue weighted by Gasteiger charge is -2.49. The van der Waals surface area contributed by atoms with E-state index >= 15 is 0 Å². The largest absolute Gasteiger partial charge is 0.346 e. The predicted octanol–water partition coefficient (Wildman–Crippen LogP) is 3.14. The van der Waals surface area contributed by atoms with Crippen molar-refractivity contribution in [2.75, 3.05) is 27.2 Å². The standard InChI is InChI=1S/C15H31NO2/c1-13(2,3)15(14(4,5)6)17-11-12(18-15)9-10-16(7)8/h12H,9-11H2,1-8H3. The highest BCUT2D eigenvalue weighted by Gasteiger charge is 2.57. The molecule has 1 aliphatic rings. The molecule has 0 saturated carbocycles.